The van der Waals surface area contributed by atoms with E-state index in [1.165, 1.54) is 13.2 Å². The number of benzene rings is 1. The van der Waals surface area contributed by atoms with Crippen molar-refractivity contribution < 1.29 is 28.2 Å². The van der Waals surface area contributed by atoms with Gasteiger partial charge in [0.25, 0.3) is 0 Å². The Morgan fingerprint density at radius 1 is 1.24 bits per heavy atom. The molecule has 4 amide bonds. The lowest BCUT2D eigenvalue weighted by molar-refractivity contribution is -0.0293. The molecule has 4 rings (SSSR count). The molecule has 1 aromatic carbocycles. The summed E-state index contributed by atoms with van der Waals surface area (Å²) >= 11 is 0. The summed E-state index contributed by atoms with van der Waals surface area (Å²) in [7, 11) is 1.47. The highest BCUT2D eigenvalue weighted by Gasteiger charge is 2.38. The van der Waals surface area contributed by atoms with Gasteiger partial charge in [-0.15, -0.1) is 0 Å². The number of hydrogen-bond acceptors (Lipinski definition) is 6. The van der Waals surface area contributed by atoms with E-state index in [1.807, 2.05) is 18.2 Å². The molecule has 9 nitrogen and oxygen atoms in total. The average molecular weight is 530 g/mol. The van der Waals surface area contributed by atoms with Crippen molar-refractivity contribution in [2.45, 2.75) is 37.8 Å². The van der Waals surface area contributed by atoms with Gasteiger partial charge < -0.3 is 25.4 Å². The number of carbonyl (C=O) groups excluding carboxylic acids is 2. The predicted octanol–water partition coefficient (Wildman–Crippen LogP) is 3.43. The van der Waals surface area contributed by atoms with E-state index in [0.29, 0.717) is 62.4 Å². The van der Waals surface area contributed by atoms with Crippen molar-refractivity contribution in [1.82, 2.24) is 25.4 Å². The van der Waals surface area contributed by atoms with Crippen LogP contribution in [0.3, 0.4) is 0 Å². The second-order valence-electron chi connectivity index (χ2n) is 9.64. The summed E-state index contributed by atoms with van der Waals surface area (Å²) in [5.74, 6) is -2.08. The van der Waals surface area contributed by atoms with E-state index in [-0.39, 0.29) is 12.2 Å². The Kier molecular flexibility index (Phi) is 8.70. The van der Waals surface area contributed by atoms with Crippen molar-refractivity contribution in [2.24, 2.45) is 0 Å². The zero-order valence-electron chi connectivity index (χ0n) is 21.5. The molecule has 0 spiro atoms. The smallest absolute Gasteiger partial charge is 0.330 e. The van der Waals surface area contributed by atoms with E-state index in [4.69, 9.17) is 4.74 Å². The van der Waals surface area contributed by atoms with Crippen LogP contribution >= 0.6 is 0 Å². The van der Waals surface area contributed by atoms with Crippen LogP contribution in [0.4, 0.5) is 18.4 Å². The van der Waals surface area contributed by atoms with Crippen LogP contribution in [0.25, 0.3) is 0 Å². The lowest BCUT2D eigenvalue weighted by Crippen LogP contribution is -2.54. The molecule has 0 saturated carbocycles. The molecule has 38 heavy (non-hydrogen) atoms. The Bertz CT molecular complexity index is 1190. The molecule has 204 valence electrons. The number of amides is 4. The summed E-state index contributed by atoms with van der Waals surface area (Å²) in [6.07, 6.45) is 3.44. The zero-order chi connectivity index (χ0) is 27.3. The maximum Gasteiger partial charge on any atom is 0.330 e. The monoisotopic (exact) mass is 529 g/mol. The van der Waals surface area contributed by atoms with Crippen molar-refractivity contribution >= 4 is 12.1 Å². The number of piperidine rings is 1. The molecule has 0 bridgehead atoms. The van der Waals surface area contributed by atoms with Gasteiger partial charge in [0, 0.05) is 38.6 Å². The highest BCUT2D eigenvalue weighted by molar-refractivity contribution is 5.96. The first-order valence-corrected chi connectivity index (χ1v) is 12.6. The number of pyridine rings is 1. The van der Waals surface area contributed by atoms with Crippen molar-refractivity contribution in [3.8, 4) is 0 Å². The van der Waals surface area contributed by atoms with Crippen LogP contribution in [-0.2, 0) is 10.3 Å². The van der Waals surface area contributed by atoms with Gasteiger partial charge in [-0.05, 0) is 68.1 Å². The van der Waals surface area contributed by atoms with Crippen molar-refractivity contribution in [3.63, 3.8) is 0 Å². The van der Waals surface area contributed by atoms with Crippen LogP contribution in [0.15, 0.2) is 53.9 Å². The van der Waals surface area contributed by atoms with Crippen LogP contribution in [0.1, 0.15) is 43.5 Å². The minimum atomic E-state index is -1.06. The van der Waals surface area contributed by atoms with Gasteiger partial charge in [-0.2, -0.15) is 0 Å². The highest BCUT2D eigenvalue weighted by Crippen LogP contribution is 2.34. The molecule has 1 saturated heterocycles. The number of hydrogen-bond donors (Lipinski definition) is 3. The van der Waals surface area contributed by atoms with E-state index in [1.54, 1.807) is 13.1 Å². The first-order chi connectivity index (χ1) is 18.2. The quantitative estimate of drug-likeness (QED) is 0.453. The van der Waals surface area contributed by atoms with E-state index < -0.39 is 35.3 Å². The number of carbonyl (C=O) groups is 2. The van der Waals surface area contributed by atoms with Crippen LogP contribution in [-0.4, -0.2) is 71.8 Å². The number of aromatic nitrogens is 1. The molecule has 11 heteroatoms. The molecule has 3 N–H and O–H groups in total. The number of ether oxygens (including phenoxy) is 1. The minimum Gasteiger partial charge on any atom is -0.383 e. The SMILES string of the molecule is COCC1=C(C)C(c2ccc(F)c(F)c2)N(C(=O)NCCCN2CCC(O)(c3ccccn3)CC2)C(=O)N1. The standard InChI is InChI=1S/C27H33F2N5O4/c1-18-22(17-38-2)32-26(36)34(24(18)19-7-8-20(28)21(29)16-19)25(35)31-12-5-13-33-14-9-27(37,10-15-33)23-6-3-4-11-30-23/h3-4,6-8,11,16,24,37H,5,9-10,12-15,17H2,1-2H3,(H,31,35)(H,32,36). The highest BCUT2D eigenvalue weighted by atomic mass is 19.2. The molecule has 1 atom stereocenters. The van der Waals surface area contributed by atoms with E-state index in [9.17, 15) is 23.5 Å². The molecule has 2 aliphatic heterocycles. The van der Waals surface area contributed by atoms with Crippen molar-refractivity contribution in [1.29, 1.82) is 0 Å². The summed E-state index contributed by atoms with van der Waals surface area (Å²) < 4.78 is 32.8. The van der Waals surface area contributed by atoms with E-state index >= 15 is 0 Å². The fraction of sp³-hybridized carbons (Fsp3) is 0.444. The third kappa shape index (κ3) is 6.01. The van der Waals surface area contributed by atoms with Gasteiger partial charge in [-0.1, -0.05) is 12.1 Å². The van der Waals surface area contributed by atoms with Gasteiger partial charge in [-0.3, -0.25) is 4.98 Å². The molecule has 1 fully saturated rings. The van der Waals surface area contributed by atoms with Crippen LogP contribution in [0.2, 0.25) is 0 Å². The van der Waals surface area contributed by atoms with E-state index in [0.717, 1.165) is 17.0 Å². The first kappa shape index (κ1) is 27.6. The third-order valence-corrected chi connectivity index (χ3v) is 7.14. The number of imide groups is 1. The lowest BCUT2D eigenvalue weighted by Gasteiger charge is -2.38. The number of aliphatic hydroxyl groups is 1. The number of methoxy groups -OCH3 is 1. The van der Waals surface area contributed by atoms with Crippen LogP contribution in [0, 0.1) is 11.6 Å². The lowest BCUT2D eigenvalue weighted by atomic mass is 9.87. The van der Waals surface area contributed by atoms with E-state index in [2.05, 4.69) is 20.5 Å². The Balaban J connectivity index is 1.35. The molecule has 0 radical (unpaired) electrons. The predicted molar refractivity (Wildman–Crippen MR) is 136 cm³/mol. The Labute approximate surface area is 220 Å². The molecule has 2 aromatic rings. The first-order valence-electron chi connectivity index (χ1n) is 12.6. The number of nitrogens with zero attached hydrogens (tertiary/aromatic N) is 3. The van der Waals surface area contributed by atoms with Gasteiger partial charge in [0.15, 0.2) is 11.6 Å². The Morgan fingerprint density at radius 2 is 2.00 bits per heavy atom. The van der Waals surface area contributed by atoms with Crippen molar-refractivity contribution in [3.05, 3.63) is 76.8 Å². The summed E-state index contributed by atoms with van der Waals surface area (Å²) in [6.45, 7) is 4.21. The fourth-order valence-electron chi connectivity index (χ4n) is 4.97. The second kappa shape index (κ2) is 12.0. The van der Waals surface area contributed by atoms with Crippen molar-refractivity contribution in [2.75, 3.05) is 39.9 Å². The fourth-order valence-corrected chi connectivity index (χ4v) is 4.97. The maximum atomic E-state index is 14.0. The molecule has 2 aliphatic rings. The Morgan fingerprint density at radius 3 is 2.66 bits per heavy atom. The number of halogens is 2. The Hall–Kier alpha value is -3.41. The van der Waals surface area contributed by atoms with Crippen LogP contribution in [0.5, 0.6) is 0 Å². The molecule has 1 unspecified atom stereocenters. The zero-order valence-corrected chi connectivity index (χ0v) is 21.5. The summed E-state index contributed by atoms with van der Waals surface area (Å²) in [5.41, 5.74) is 1.07. The normalized spacial score (nSPS) is 19.9. The van der Waals surface area contributed by atoms with Crippen LogP contribution < -0.4 is 10.6 Å². The summed E-state index contributed by atoms with van der Waals surface area (Å²) in [6, 6.07) is 6.61. The summed E-state index contributed by atoms with van der Waals surface area (Å²) in [5, 5.41) is 16.4. The number of nitrogens with one attached hydrogen (secondary N) is 2. The number of rotatable bonds is 8. The second-order valence-corrected chi connectivity index (χ2v) is 9.64. The molecule has 0 aliphatic carbocycles. The molecular formula is C27H33F2N5O4. The summed E-state index contributed by atoms with van der Waals surface area (Å²) in [4.78, 5) is 33.5. The van der Waals surface area contributed by atoms with Gasteiger partial charge in [0.1, 0.15) is 5.60 Å². The third-order valence-electron chi connectivity index (χ3n) is 7.14. The molecule has 3 heterocycles. The minimum absolute atomic E-state index is 0.0957. The van der Waals surface area contributed by atoms with Gasteiger partial charge in [-0.25, -0.2) is 23.3 Å². The van der Waals surface area contributed by atoms with Gasteiger partial charge in [0.05, 0.1) is 18.3 Å². The maximum absolute atomic E-state index is 14.0. The van der Waals surface area contributed by atoms with Gasteiger partial charge in [0.2, 0.25) is 0 Å². The average Bonchev–Trinajstić information content (AvgIpc) is 2.91. The number of likely N-dealkylation sites (tertiary alicyclic amines) is 1. The number of urea groups is 2. The van der Waals surface area contributed by atoms with Gasteiger partial charge >= 0.3 is 12.1 Å². The molecular weight excluding hydrogens is 496 g/mol. The molecule has 1 aromatic heterocycles. The largest absolute Gasteiger partial charge is 0.383 e. The topological polar surface area (TPSA) is 107 Å².